The van der Waals surface area contributed by atoms with Crippen LogP contribution in [0.3, 0.4) is 0 Å². The molecular weight excluding hydrogens is 325 g/mol. The fourth-order valence-electron chi connectivity index (χ4n) is 2.78. The quantitative estimate of drug-likeness (QED) is 0.792. The van der Waals surface area contributed by atoms with Crippen LogP contribution in [0, 0.1) is 17.2 Å². The Bertz CT molecular complexity index is 657. The number of esters is 1. The van der Waals surface area contributed by atoms with Gasteiger partial charge in [0.1, 0.15) is 11.9 Å². The highest BCUT2D eigenvalue weighted by Gasteiger charge is 2.51. The van der Waals surface area contributed by atoms with Gasteiger partial charge in [0.2, 0.25) is 5.91 Å². The van der Waals surface area contributed by atoms with Crippen LogP contribution < -0.4 is 5.32 Å². The molecule has 0 radical (unpaired) electrons. The fourth-order valence-corrected chi connectivity index (χ4v) is 2.78. The molecule has 2 rings (SSSR count). The Morgan fingerprint density at radius 2 is 2.00 bits per heavy atom. The molecule has 1 saturated carbocycles. The summed E-state index contributed by atoms with van der Waals surface area (Å²) in [5.41, 5.74) is -0.106. The monoisotopic (exact) mass is 351 g/mol. The number of halogens is 1. The van der Waals surface area contributed by atoms with Gasteiger partial charge in [-0.3, -0.25) is 4.79 Å². The summed E-state index contributed by atoms with van der Waals surface area (Å²) in [5, 5.41) is 2.36. The molecule has 2 atom stereocenters. The summed E-state index contributed by atoms with van der Waals surface area (Å²) >= 11 is 0. The molecular formula is C19H26FNO4. The van der Waals surface area contributed by atoms with Gasteiger partial charge in [-0.2, -0.15) is 0 Å². The zero-order chi connectivity index (χ0) is 18.8. The van der Waals surface area contributed by atoms with Crippen LogP contribution in [-0.4, -0.2) is 30.7 Å². The number of carbonyl (C=O) groups excluding carboxylic acids is 2. The smallest absolute Gasteiger partial charge is 0.338 e. The number of anilines is 1. The number of carbonyl (C=O) groups is 2. The minimum atomic E-state index is -0.599. The lowest BCUT2D eigenvalue weighted by Crippen LogP contribution is -2.56. The number of hydrogen-bond donors (Lipinski definition) is 1. The maximum atomic E-state index is 13.7. The Balaban J connectivity index is 2.00. The van der Waals surface area contributed by atoms with Crippen molar-refractivity contribution in [3.05, 3.63) is 29.6 Å². The molecule has 1 aliphatic rings. The third-order valence-corrected chi connectivity index (χ3v) is 4.48. The largest absolute Gasteiger partial charge is 0.458 e. The predicted molar refractivity (Wildman–Crippen MR) is 92.9 cm³/mol. The van der Waals surface area contributed by atoms with Crippen LogP contribution in [0.4, 0.5) is 10.1 Å². The topological polar surface area (TPSA) is 64.6 Å². The average Bonchev–Trinajstić information content (AvgIpc) is 2.51. The highest BCUT2D eigenvalue weighted by molar-refractivity contribution is 5.94. The van der Waals surface area contributed by atoms with Gasteiger partial charge in [0, 0.05) is 25.4 Å². The zero-order valence-electron chi connectivity index (χ0n) is 15.4. The molecule has 1 N–H and O–H groups in total. The predicted octanol–water partition coefficient (Wildman–Crippen LogP) is 3.78. The lowest BCUT2D eigenvalue weighted by molar-refractivity contribution is -0.180. The Morgan fingerprint density at radius 3 is 2.56 bits per heavy atom. The van der Waals surface area contributed by atoms with Gasteiger partial charge in [-0.1, -0.05) is 27.7 Å². The number of benzene rings is 1. The van der Waals surface area contributed by atoms with E-state index in [9.17, 15) is 14.0 Å². The van der Waals surface area contributed by atoms with Crippen LogP contribution in [0.1, 0.15) is 51.4 Å². The number of hydrogen-bond acceptors (Lipinski definition) is 4. The molecule has 0 heterocycles. The molecule has 0 saturated heterocycles. The van der Waals surface area contributed by atoms with Crippen LogP contribution in [0.2, 0.25) is 0 Å². The van der Waals surface area contributed by atoms with Gasteiger partial charge in [0.15, 0.2) is 0 Å². The first-order valence-electron chi connectivity index (χ1n) is 8.51. The second-order valence-electron chi connectivity index (χ2n) is 7.54. The third kappa shape index (κ3) is 4.57. The van der Waals surface area contributed by atoms with Gasteiger partial charge in [0.25, 0.3) is 0 Å². The van der Waals surface area contributed by atoms with Crippen molar-refractivity contribution in [2.75, 3.05) is 11.9 Å². The number of amides is 1. The van der Waals surface area contributed by atoms with Crippen LogP contribution in [0.5, 0.6) is 0 Å². The van der Waals surface area contributed by atoms with Crippen molar-refractivity contribution in [2.24, 2.45) is 11.3 Å². The van der Waals surface area contributed by atoms with Gasteiger partial charge < -0.3 is 14.8 Å². The summed E-state index contributed by atoms with van der Waals surface area (Å²) in [6.07, 6.45) is 0.438. The second-order valence-corrected chi connectivity index (χ2v) is 7.54. The molecule has 1 fully saturated rings. The highest BCUT2D eigenvalue weighted by atomic mass is 19.1. The minimum Gasteiger partial charge on any atom is -0.458 e. The van der Waals surface area contributed by atoms with Crippen molar-refractivity contribution in [1.29, 1.82) is 0 Å². The zero-order valence-corrected chi connectivity index (χ0v) is 15.4. The number of ether oxygens (including phenoxy) is 2. The lowest BCUT2D eigenvalue weighted by atomic mass is 9.66. The normalized spacial score (nSPS) is 21.6. The Morgan fingerprint density at radius 1 is 1.32 bits per heavy atom. The molecule has 0 bridgehead atoms. The maximum Gasteiger partial charge on any atom is 0.338 e. The van der Waals surface area contributed by atoms with E-state index in [1.807, 2.05) is 13.8 Å². The van der Waals surface area contributed by atoms with Gasteiger partial charge in [-0.15, -0.1) is 0 Å². The van der Waals surface area contributed by atoms with E-state index >= 15 is 0 Å². The van der Waals surface area contributed by atoms with E-state index in [2.05, 4.69) is 19.2 Å². The van der Waals surface area contributed by atoms with E-state index in [4.69, 9.17) is 9.47 Å². The molecule has 0 spiro atoms. The van der Waals surface area contributed by atoms with Crippen LogP contribution >= 0.6 is 0 Å². The van der Waals surface area contributed by atoms with E-state index < -0.39 is 17.7 Å². The summed E-state index contributed by atoms with van der Waals surface area (Å²) in [4.78, 5) is 23.5. The summed E-state index contributed by atoms with van der Waals surface area (Å²) in [7, 11) is 0. The summed E-state index contributed by atoms with van der Waals surface area (Å²) < 4.78 is 25.1. The van der Waals surface area contributed by atoms with E-state index in [-0.39, 0.29) is 28.9 Å². The van der Waals surface area contributed by atoms with Crippen molar-refractivity contribution in [2.45, 2.75) is 53.2 Å². The average molecular weight is 351 g/mol. The molecule has 1 amide bonds. The molecule has 1 aliphatic carbocycles. The van der Waals surface area contributed by atoms with Gasteiger partial charge in [-0.25, -0.2) is 9.18 Å². The minimum absolute atomic E-state index is 0.0343. The molecule has 5 nitrogen and oxygen atoms in total. The first kappa shape index (κ1) is 19.4. The summed E-state index contributed by atoms with van der Waals surface area (Å²) in [6, 6.07) is 3.78. The summed E-state index contributed by atoms with van der Waals surface area (Å²) in [6.45, 7) is 10.1. The summed E-state index contributed by atoms with van der Waals surface area (Å²) in [5.74, 6) is -1.09. The highest BCUT2D eigenvalue weighted by Crippen LogP contribution is 2.45. The molecule has 138 valence electrons. The van der Waals surface area contributed by atoms with Crippen molar-refractivity contribution >= 4 is 17.6 Å². The molecule has 6 heteroatoms. The molecule has 1 aromatic rings. The molecule has 0 aromatic heterocycles. The van der Waals surface area contributed by atoms with E-state index in [0.717, 1.165) is 6.07 Å². The SMILES string of the molecule is CC(=O)Nc1cc(C(=O)O[C@@H]2C[C@H](OCC(C)C)C2(C)C)ccc1F. The standard InChI is InChI=1S/C19H26FNO4/c1-11(2)10-24-16-9-17(19(16,4)5)25-18(23)13-6-7-14(20)15(8-13)21-12(3)22/h6-8,11,16-17H,9-10H2,1-5H3,(H,21,22)/t16-,17+/m0/s1. The van der Waals surface area contributed by atoms with E-state index in [1.165, 1.54) is 19.1 Å². The van der Waals surface area contributed by atoms with Crippen molar-refractivity contribution in [3.8, 4) is 0 Å². The first-order chi connectivity index (χ1) is 11.6. The van der Waals surface area contributed by atoms with Crippen molar-refractivity contribution in [1.82, 2.24) is 0 Å². The number of nitrogens with one attached hydrogen (secondary N) is 1. The Hall–Kier alpha value is -1.95. The van der Waals surface area contributed by atoms with Gasteiger partial charge in [-0.05, 0) is 24.1 Å². The first-order valence-corrected chi connectivity index (χ1v) is 8.51. The second kappa shape index (κ2) is 7.52. The Kier molecular flexibility index (Phi) is 5.83. The maximum absolute atomic E-state index is 13.7. The fraction of sp³-hybridized carbons (Fsp3) is 0.579. The van der Waals surface area contributed by atoms with Crippen molar-refractivity contribution < 1.29 is 23.5 Å². The number of rotatable bonds is 6. The molecule has 25 heavy (non-hydrogen) atoms. The third-order valence-electron chi connectivity index (χ3n) is 4.48. The van der Waals surface area contributed by atoms with Crippen LogP contribution in [-0.2, 0) is 14.3 Å². The Labute approximate surface area is 147 Å². The van der Waals surface area contributed by atoms with Crippen LogP contribution in [0.15, 0.2) is 18.2 Å². The van der Waals surface area contributed by atoms with E-state index in [1.54, 1.807) is 0 Å². The molecule has 0 aliphatic heterocycles. The van der Waals surface area contributed by atoms with Crippen LogP contribution in [0.25, 0.3) is 0 Å². The lowest BCUT2D eigenvalue weighted by Gasteiger charge is -2.50. The van der Waals surface area contributed by atoms with Crippen molar-refractivity contribution in [3.63, 3.8) is 0 Å². The van der Waals surface area contributed by atoms with Gasteiger partial charge >= 0.3 is 5.97 Å². The van der Waals surface area contributed by atoms with E-state index in [0.29, 0.717) is 18.9 Å². The molecule has 1 aromatic carbocycles. The van der Waals surface area contributed by atoms with Gasteiger partial charge in [0.05, 0.1) is 17.4 Å². The molecule has 0 unspecified atom stereocenters.